The third-order valence-corrected chi connectivity index (χ3v) is 15.2. The quantitative estimate of drug-likeness (QED) is 0.115. The second kappa shape index (κ2) is 14.2. The molecule has 6 heteroatoms. The Hall–Kier alpha value is -3.27. The van der Waals surface area contributed by atoms with E-state index in [4.69, 9.17) is 9.97 Å². The van der Waals surface area contributed by atoms with Crippen LogP contribution in [0, 0.1) is 4.37 Å². The van der Waals surface area contributed by atoms with E-state index in [1.807, 2.05) is 37.0 Å². The molecule has 1 fully saturated rings. The minimum atomic E-state index is -2.33. The summed E-state index contributed by atoms with van der Waals surface area (Å²) < 4.78 is 3.83. The summed E-state index contributed by atoms with van der Waals surface area (Å²) in [6.07, 6.45) is 16.7. The molecule has 0 unspecified atom stereocenters. The molecule has 2 aromatic heterocycles. The standard InChI is InChI=1S/C38H33N2PS2.Os/c1-4-16-35-39-37-38(42-35)40-36(43-37)26-25-30(27-31-18-15-17-29(31)5-2)28(3)41(32-19-9-6-10-20-32,33-21-11-7-12-22-33)34-23-13-8-14-24-34;/h4-14,16,19-27H,15,17-18H2,1-2H3;/q+1;/b16-4+,26-25+,29-5?,30-28?,31-27?;. The molecule has 219 valence electrons. The Balaban J connectivity index is 1.64. The van der Waals surface area contributed by atoms with Crippen molar-refractivity contribution in [2.24, 2.45) is 0 Å². The summed E-state index contributed by atoms with van der Waals surface area (Å²) >= 11 is 5.13. The number of thiazole rings is 2. The Labute approximate surface area is 278 Å². The van der Waals surface area contributed by atoms with Crippen LogP contribution < -0.4 is 15.9 Å². The van der Waals surface area contributed by atoms with Crippen LogP contribution in [0.15, 0.2) is 137 Å². The Bertz CT molecular complexity index is 1830. The third kappa shape index (κ3) is 6.14. The van der Waals surface area contributed by atoms with Crippen LogP contribution >= 0.6 is 29.9 Å². The van der Waals surface area contributed by atoms with E-state index >= 15 is 0 Å². The predicted octanol–water partition coefficient (Wildman–Crippen LogP) is 9.61. The molecule has 0 bridgehead atoms. The van der Waals surface area contributed by atoms with Gasteiger partial charge in [0.15, 0.2) is 0 Å². The second-order valence-corrected chi connectivity index (χ2v) is 16.4. The van der Waals surface area contributed by atoms with Crippen molar-refractivity contribution < 1.29 is 17.9 Å². The van der Waals surface area contributed by atoms with Crippen molar-refractivity contribution in [3.05, 3.63) is 147 Å². The number of rotatable bonds is 8. The van der Waals surface area contributed by atoms with Gasteiger partial charge in [0.2, 0.25) is 0 Å². The fourth-order valence-corrected chi connectivity index (χ4v) is 13.6. The van der Waals surface area contributed by atoms with Crippen molar-refractivity contribution in [2.75, 3.05) is 0 Å². The van der Waals surface area contributed by atoms with Gasteiger partial charge in [-0.3, -0.25) is 0 Å². The third-order valence-electron chi connectivity index (χ3n) is 7.83. The molecule has 0 saturated heterocycles. The van der Waals surface area contributed by atoms with Gasteiger partial charge >= 0.3 is 273 Å². The summed E-state index contributed by atoms with van der Waals surface area (Å²) in [5.74, 6) is 0. The average Bonchev–Trinajstić information content (AvgIpc) is 3.78. The average molecular weight is 803 g/mol. The van der Waals surface area contributed by atoms with Gasteiger partial charge in [0.05, 0.1) is 0 Å². The van der Waals surface area contributed by atoms with E-state index in [-0.39, 0.29) is 0 Å². The maximum atomic E-state index is 4.96. The summed E-state index contributed by atoms with van der Waals surface area (Å²) in [5, 5.41) is 7.19. The van der Waals surface area contributed by atoms with E-state index in [2.05, 4.69) is 127 Å². The molecule has 3 aromatic carbocycles. The zero-order valence-corrected chi connectivity index (χ0v) is 29.8. The number of allylic oxidation sites excluding steroid dienone is 8. The van der Waals surface area contributed by atoms with Gasteiger partial charge in [0.1, 0.15) is 0 Å². The molecule has 1 saturated carbocycles. The molecule has 44 heavy (non-hydrogen) atoms. The molecule has 1 aliphatic carbocycles. The van der Waals surface area contributed by atoms with E-state index in [0.29, 0.717) is 0 Å². The molecular formula is C38H33N2OsPS2+. The van der Waals surface area contributed by atoms with Gasteiger partial charge in [-0.15, -0.1) is 0 Å². The number of nitrogens with zero attached hydrogens (tertiary/aromatic N) is 2. The summed E-state index contributed by atoms with van der Waals surface area (Å²) in [4.78, 5) is 11.7. The molecular weight excluding hydrogens is 770 g/mol. The molecule has 0 amide bonds. The van der Waals surface area contributed by atoms with Crippen molar-refractivity contribution >= 4 is 67.7 Å². The van der Waals surface area contributed by atoms with Crippen LogP contribution in [-0.2, 0) is 17.9 Å². The number of aromatic nitrogens is 2. The molecule has 0 N–H and O–H groups in total. The molecule has 0 spiro atoms. The molecule has 0 atom stereocenters. The first kappa shape index (κ1) is 30.7. The molecule has 2 heterocycles. The van der Waals surface area contributed by atoms with Gasteiger partial charge in [-0.25, -0.2) is 0 Å². The van der Waals surface area contributed by atoms with Gasteiger partial charge < -0.3 is 0 Å². The van der Waals surface area contributed by atoms with Crippen molar-refractivity contribution in [1.29, 1.82) is 0 Å². The SMILES string of the molecule is CC=C1CCCC1=CC(/C=C/c1nc2sc(/C=C/C)nc2s1)=C([C]#[Os])[P+](c1ccccc1)(c1ccccc1)c1ccccc1. The van der Waals surface area contributed by atoms with E-state index in [9.17, 15) is 0 Å². The van der Waals surface area contributed by atoms with Crippen LogP contribution in [0.4, 0.5) is 0 Å². The first-order chi connectivity index (χ1) is 21.7. The zero-order valence-electron chi connectivity index (χ0n) is 24.8. The fraction of sp³-hybridized carbons (Fsp3) is 0.132. The molecule has 1 aliphatic rings. The molecule has 0 radical (unpaired) electrons. The van der Waals surface area contributed by atoms with E-state index in [0.717, 1.165) is 32.5 Å². The Morgan fingerprint density at radius 1 is 0.727 bits per heavy atom. The van der Waals surface area contributed by atoms with E-state index in [1.165, 1.54) is 44.4 Å². The topological polar surface area (TPSA) is 25.8 Å². The van der Waals surface area contributed by atoms with Gasteiger partial charge in [-0.1, -0.05) is 0 Å². The maximum absolute atomic E-state index is 4.96. The number of fused-ring (bicyclic) bond motifs is 1. The molecule has 0 aliphatic heterocycles. The first-order valence-electron chi connectivity index (χ1n) is 14.8. The van der Waals surface area contributed by atoms with Crippen LogP contribution in [-0.4, -0.2) is 9.97 Å². The number of hydrogen-bond donors (Lipinski definition) is 0. The Kier molecular flexibility index (Phi) is 9.94. The van der Waals surface area contributed by atoms with Crippen LogP contribution in [0.25, 0.3) is 21.8 Å². The molecule has 6 rings (SSSR count). The molecule has 5 aromatic rings. The van der Waals surface area contributed by atoms with Crippen molar-refractivity contribution in [3.8, 4) is 4.37 Å². The summed E-state index contributed by atoms with van der Waals surface area (Å²) in [6.45, 7) is 4.19. The minimum absolute atomic E-state index is 0.973. The van der Waals surface area contributed by atoms with E-state index in [1.54, 1.807) is 22.7 Å². The summed E-state index contributed by atoms with van der Waals surface area (Å²) in [6, 6.07) is 33.2. The van der Waals surface area contributed by atoms with Gasteiger partial charge in [-0.2, -0.15) is 0 Å². The predicted molar refractivity (Wildman–Crippen MR) is 191 cm³/mol. The molecule has 2 nitrogen and oxygen atoms in total. The van der Waals surface area contributed by atoms with Crippen molar-refractivity contribution in [3.63, 3.8) is 0 Å². The van der Waals surface area contributed by atoms with Crippen LogP contribution in [0.3, 0.4) is 0 Å². The summed E-state index contributed by atoms with van der Waals surface area (Å²) in [7, 11) is -2.33. The number of hydrogen-bond acceptors (Lipinski definition) is 4. The van der Waals surface area contributed by atoms with Gasteiger partial charge in [-0.05, 0) is 6.92 Å². The zero-order chi connectivity index (χ0) is 30.4. The van der Waals surface area contributed by atoms with E-state index < -0.39 is 7.26 Å². The van der Waals surface area contributed by atoms with Crippen molar-refractivity contribution in [2.45, 2.75) is 33.1 Å². The van der Waals surface area contributed by atoms with Crippen molar-refractivity contribution in [1.82, 2.24) is 9.97 Å². The van der Waals surface area contributed by atoms with Crippen LogP contribution in [0.2, 0.25) is 0 Å². The fourth-order valence-electron chi connectivity index (χ4n) is 5.88. The Morgan fingerprint density at radius 3 is 1.70 bits per heavy atom. The summed E-state index contributed by atoms with van der Waals surface area (Å²) in [5.41, 5.74) is 4.07. The van der Waals surface area contributed by atoms with Gasteiger partial charge in [0, 0.05) is 0 Å². The van der Waals surface area contributed by atoms with Crippen LogP contribution in [0.1, 0.15) is 43.1 Å². The van der Waals surface area contributed by atoms with Crippen LogP contribution in [0.5, 0.6) is 0 Å². The Morgan fingerprint density at radius 2 is 1.23 bits per heavy atom. The normalized spacial score (nSPS) is 16.4. The first-order valence-corrected chi connectivity index (χ1v) is 19.5. The number of benzene rings is 3. The second-order valence-electron chi connectivity index (χ2n) is 10.5. The van der Waals surface area contributed by atoms with Gasteiger partial charge in [0.25, 0.3) is 0 Å². The monoisotopic (exact) mass is 804 g/mol.